The Morgan fingerprint density at radius 3 is 2.43 bits per heavy atom. The summed E-state index contributed by atoms with van der Waals surface area (Å²) < 4.78 is 2.27. The Hall–Kier alpha value is -1.10. The van der Waals surface area contributed by atoms with Gasteiger partial charge >= 0.3 is 0 Å². The van der Waals surface area contributed by atoms with Crippen molar-refractivity contribution < 1.29 is 0 Å². The Morgan fingerprint density at radius 1 is 1.26 bits per heavy atom. The third-order valence-corrected chi connectivity index (χ3v) is 6.24. The van der Waals surface area contributed by atoms with Crippen molar-refractivity contribution in [3.05, 3.63) is 12.3 Å². The zero-order valence-electron chi connectivity index (χ0n) is 14.2. The molecule has 4 fully saturated rings. The number of aromatic nitrogens is 2. The number of nitrogens with one attached hydrogen (secondary N) is 2. The lowest BCUT2D eigenvalue weighted by Crippen LogP contribution is -2.52. The summed E-state index contributed by atoms with van der Waals surface area (Å²) in [5, 5.41) is 12.0. The molecule has 0 aromatic carbocycles. The molecule has 1 aromatic heterocycles. The lowest BCUT2D eigenvalue weighted by atomic mass is 9.53. The molecule has 126 valence electrons. The van der Waals surface area contributed by atoms with Gasteiger partial charge in [-0.05, 0) is 74.4 Å². The van der Waals surface area contributed by atoms with E-state index in [0.29, 0.717) is 16.6 Å². The summed E-state index contributed by atoms with van der Waals surface area (Å²) in [4.78, 5) is 0. The summed E-state index contributed by atoms with van der Waals surface area (Å²) in [6.45, 7) is 5.25. The molecule has 5 heteroatoms. The van der Waals surface area contributed by atoms with Crippen LogP contribution < -0.4 is 10.6 Å². The van der Waals surface area contributed by atoms with Gasteiger partial charge in [-0.3, -0.25) is 4.68 Å². The molecule has 0 radical (unpaired) electrons. The molecule has 1 heterocycles. The fourth-order valence-corrected chi connectivity index (χ4v) is 5.65. The van der Waals surface area contributed by atoms with Crippen LogP contribution in [0.3, 0.4) is 0 Å². The normalized spacial score (nSPS) is 34.8. The third-order valence-electron chi connectivity index (χ3n) is 5.99. The van der Waals surface area contributed by atoms with Crippen molar-refractivity contribution in [2.75, 3.05) is 11.9 Å². The van der Waals surface area contributed by atoms with Gasteiger partial charge in [-0.2, -0.15) is 5.10 Å². The molecular formula is C18H28N4S. The Kier molecular flexibility index (Phi) is 3.87. The smallest absolute Gasteiger partial charge is 0.171 e. The molecule has 0 spiro atoms. The zero-order valence-corrected chi connectivity index (χ0v) is 15.0. The van der Waals surface area contributed by atoms with E-state index in [9.17, 15) is 0 Å². The van der Waals surface area contributed by atoms with Crippen molar-refractivity contribution in [3.8, 4) is 0 Å². The van der Waals surface area contributed by atoms with E-state index in [1.807, 2.05) is 0 Å². The number of thiocarbonyl (C=S) groups is 1. The lowest BCUT2D eigenvalue weighted by molar-refractivity contribution is -0.0492. The van der Waals surface area contributed by atoms with Gasteiger partial charge in [0.15, 0.2) is 10.9 Å². The van der Waals surface area contributed by atoms with Crippen molar-refractivity contribution in [2.24, 2.45) is 23.7 Å². The van der Waals surface area contributed by atoms with Crippen LogP contribution in [0.1, 0.15) is 52.4 Å². The summed E-state index contributed by atoms with van der Waals surface area (Å²) in [6.07, 6.45) is 10.6. The van der Waals surface area contributed by atoms with Gasteiger partial charge in [-0.15, -0.1) is 0 Å². The number of nitrogens with zero attached hydrogens (tertiary/aromatic N) is 2. The first-order valence-corrected chi connectivity index (χ1v) is 9.54. The highest BCUT2D eigenvalue weighted by Gasteiger charge is 2.52. The molecule has 4 bridgehead atoms. The van der Waals surface area contributed by atoms with Crippen molar-refractivity contribution in [1.82, 2.24) is 15.1 Å². The second kappa shape index (κ2) is 5.76. The Balaban J connectivity index is 1.45. The molecule has 4 nitrogen and oxygen atoms in total. The summed E-state index contributed by atoms with van der Waals surface area (Å²) in [5.41, 5.74) is 0.293. The topological polar surface area (TPSA) is 41.9 Å². The van der Waals surface area contributed by atoms with Crippen LogP contribution in [0.5, 0.6) is 0 Å². The number of hydrogen-bond acceptors (Lipinski definition) is 2. The molecule has 4 saturated carbocycles. The molecule has 0 aliphatic heterocycles. The van der Waals surface area contributed by atoms with Crippen LogP contribution in [-0.4, -0.2) is 21.4 Å². The van der Waals surface area contributed by atoms with Crippen molar-refractivity contribution in [2.45, 2.75) is 57.9 Å². The summed E-state index contributed by atoms with van der Waals surface area (Å²) >= 11 is 5.36. The molecular weight excluding hydrogens is 304 g/mol. The Morgan fingerprint density at radius 2 is 1.87 bits per heavy atom. The van der Waals surface area contributed by atoms with Crippen molar-refractivity contribution >= 4 is 23.1 Å². The monoisotopic (exact) mass is 332 g/mol. The van der Waals surface area contributed by atoms with Crippen LogP contribution >= 0.6 is 12.2 Å². The fraction of sp³-hybridized carbons (Fsp3) is 0.778. The maximum atomic E-state index is 5.36. The highest BCUT2D eigenvalue weighted by molar-refractivity contribution is 7.80. The van der Waals surface area contributed by atoms with Crippen molar-refractivity contribution in [1.29, 1.82) is 0 Å². The van der Waals surface area contributed by atoms with Gasteiger partial charge < -0.3 is 10.6 Å². The summed E-state index contributed by atoms with van der Waals surface area (Å²) in [5.74, 6) is 4.28. The Bertz CT molecular complexity index is 556. The highest BCUT2D eigenvalue weighted by atomic mass is 32.1. The van der Waals surface area contributed by atoms with E-state index in [4.69, 9.17) is 17.3 Å². The number of hydrogen-bond donors (Lipinski definition) is 2. The molecule has 4 aliphatic carbocycles. The first-order chi connectivity index (χ1) is 11.0. The standard InChI is InChI=1S/C18H28N4S/c1-12(2)11-19-17(23)20-16-3-4-22(21-16)18-8-13-5-14(9-18)7-15(6-13)10-18/h3-4,12-15H,5-11H2,1-2H3,(H2,19,20,21,23). The molecule has 2 N–H and O–H groups in total. The SMILES string of the molecule is CC(C)CNC(=S)Nc1ccn(C23CC4CC(CC(C4)C2)C3)n1. The van der Waals surface area contributed by atoms with E-state index >= 15 is 0 Å². The average molecular weight is 333 g/mol. The van der Waals surface area contributed by atoms with E-state index in [2.05, 4.69) is 41.4 Å². The third kappa shape index (κ3) is 3.00. The van der Waals surface area contributed by atoms with Gasteiger partial charge in [0.05, 0.1) is 5.54 Å². The van der Waals surface area contributed by atoms with Crippen molar-refractivity contribution in [3.63, 3.8) is 0 Å². The van der Waals surface area contributed by atoms with E-state index in [1.54, 1.807) is 0 Å². The second-order valence-electron chi connectivity index (χ2n) is 8.52. The molecule has 4 aliphatic rings. The predicted octanol–water partition coefficient (Wildman–Crippen LogP) is 3.75. The van der Waals surface area contributed by atoms with E-state index < -0.39 is 0 Å². The van der Waals surface area contributed by atoms with Gasteiger partial charge in [0.25, 0.3) is 0 Å². The number of rotatable bonds is 4. The molecule has 0 unspecified atom stereocenters. The van der Waals surface area contributed by atoms with Crippen LogP contribution in [0.25, 0.3) is 0 Å². The quantitative estimate of drug-likeness (QED) is 0.824. The minimum absolute atomic E-state index is 0.293. The molecule has 0 amide bonds. The molecule has 0 atom stereocenters. The first-order valence-electron chi connectivity index (χ1n) is 9.13. The number of anilines is 1. The highest BCUT2D eigenvalue weighted by Crippen LogP contribution is 2.58. The fourth-order valence-electron chi connectivity index (χ4n) is 5.46. The van der Waals surface area contributed by atoms with Crippen LogP contribution in [-0.2, 0) is 5.54 Å². The zero-order chi connectivity index (χ0) is 16.0. The minimum atomic E-state index is 0.293. The van der Waals surface area contributed by atoms with E-state index in [0.717, 1.165) is 30.1 Å². The lowest BCUT2D eigenvalue weighted by Gasteiger charge is -2.56. The average Bonchev–Trinajstić information content (AvgIpc) is 2.93. The van der Waals surface area contributed by atoms with Crippen LogP contribution in [0.15, 0.2) is 12.3 Å². The van der Waals surface area contributed by atoms with E-state index in [-0.39, 0.29) is 0 Å². The van der Waals surface area contributed by atoms with Gasteiger partial charge in [-0.25, -0.2) is 0 Å². The largest absolute Gasteiger partial charge is 0.362 e. The van der Waals surface area contributed by atoms with Crippen LogP contribution in [0, 0.1) is 23.7 Å². The van der Waals surface area contributed by atoms with Gasteiger partial charge in [-0.1, -0.05) is 13.8 Å². The van der Waals surface area contributed by atoms with Gasteiger partial charge in [0.2, 0.25) is 0 Å². The Labute approximate surface area is 144 Å². The van der Waals surface area contributed by atoms with Gasteiger partial charge in [0, 0.05) is 18.8 Å². The second-order valence-corrected chi connectivity index (χ2v) is 8.92. The van der Waals surface area contributed by atoms with Crippen LogP contribution in [0.2, 0.25) is 0 Å². The molecule has 23 heavy (non-hydrogen) atoms. The summed E-state index contributed by atoms with van der Waals surface area (Å²) in [7, 11) is 0. The maximum absolute atomic E-state index is 5.36. The predicted molar refractivity (Wildman–Crippen MR) is 97.4 cm³/mol. The molecule has 5 rings (SSSR count). The van der Waals surface area contributed by atoms with Gasteiger partial charge in [0.1, 0.15) is 0 Å². The van der Waals surface area contributed by atoms with E-state index in [1.165, 1.54) is 38.5 Å². The molecule has 0 saturated heterocycles. The maximum Gasteiger partial charge on any atom is 0.171 e. The van der Waals surface area contributed by atoms with Crippen LogP contribution in [0.4, 0.5) is 5.82 Å². The minimum Gasteiger partial charge on any atom is -0.362 e. The first kappa shape index (κ1) is 15.4. The summed E-state index contributed by atoms with van der Waals surface area (Å²) in [6, 6.07) is 2.07. The molecule has 1 aromatic rings.